The van der Waals surface area contributed by atoms with E-state index in [-0.39, 0.29) is 48.9 Å². The molecule has 27 heavy (non-hydrogen) atoms. The maximum Gasteiger partial charge on any atom is 0.161 e. The number of halogens is 3. The molecule has 0 saturated carbocycles. The van der Waals surface area contributed by atoms with Crippen molar-refractivity contribution in [3.63, 3.8) is 0 Å². The van der Waals surface area contributed by atoms with Gasteiger partial charge in [0.25, 0.3) is 0 Å². The van der Waals surface area contributed by atoms with Gasteiger partial charge in [-0.15, -0.1) is 37.2 Å². The second kappa shape index (κ2) is 15.6. The van der Waals surface area contributed by atoms with E-state index < -0.39 is 0 Å². The van der Waals surface area contributed by atoms with Crippen LogP contribution in [0.1, 0.15) is 24.8 Å². The van der Waals surface area contributed by atoms with Gasteiger partial charge in [0.15, 0.2) is 11.7 Å². The van der Waals surface area contributed by atoms with Crippen molar-refractivity contribution in [3.8, 4) is 5.75 Å². The van der Waals surface area contributed by atoms with Crippen molar-refractivity contribution in [3.05, 3.63) is 42.0 Å². The molecule has 0 unspecified atom stereocenters. The molecule has 0 radical (unpaired) electrons. The largest absolute Gasteiger partial charge is 0.490 e. The number of amidine groups is 2. The lowest BCUT2D eigenvalue weighted by atomic mass is 10.1. The molecular weight excluding hydrogens is 409 g/mol. The molecule has 0 bridgehead atoms. The summed E-state index contributed by atoms with van der Waals surface area (Å²) in [5, 5.41) is 17.2. The summed E-state index contributed by atoms with van der Waals surface area (Å²) in [4.78, 5) is 2.50. The average Bonchev–Trinajstić information content (AvgIpc) is 2.59. The van der Waals surface area contributed by atoms with Crippen LogP contribution in [0.5, 0.6) is 5.75 Å². The number of piperidine rings is 1. The molecule has 6 nitrogen and oxygen atoms in total. The van der Waals surface area contributed by atoms with Crippen LogP contribution in [0.25, 0.3) is 0 Å². The van der Waals surface area contributed by atoms with Crippen LogP contribution < -0.4 is 15.8 Å². The summed E-state index contributed by atoms with van der Waals surface area (Å²) in [5.74, 6) is 0.551. The third-order valence-electron chi connectivity index (χ3n) is 3.93. The van der Waals surface area contributed by atoms with Crippen LogP contribution in [0.3, 0.4) is 0 Å². The number of nitrogens with two attached hydrogens (primary N) is 1. The van der Waals surface area contributed by atoms with E-state index in [0.29, 0.717) is 13.2 Å². The Bertz CT molecular complexity index is 592. The fraction of sp³-hybridized carbons (Fsp3) is 0.444. The molecule has 0 spiro atoms. The topological polar surface area (TPSA) is 98.2 Å². The zero-order valence-corrected chi connectivity index (χ0v) is 17.7. The number of hydrogen-bond acceptors (Lipinski definition) is 4. The van der Waals surface area contributed by atoms with Crippen molar-refractivity contribution in [2.45, 2.75) is 25.8 Å². The summed E-state index contributed by atoms with van der Waals surface area (Å²) in [6, 6.07) is 8.26. The quantitative estimate of drug-likeness (QED) is 0.298. The fourth-order valence-electron chi connectivity index (χ4n) is 2.66. The molecule has 1 saturated heterocycles. The Morgan fingerprint density at radius 2 is 1.81 bits per heavy atom. The van der Waals surface area contributed by atoms with Crippen LogP contribution in [-0.4, -0.2) is 42.8 Å². The van der Waals surface area contributed by atoms with Crippen LogP contribution in [0.2, 0.25) is 0 Å². The third-order valence-corrected chi connectivity index (χ3v) is 3.93. The lowest BCUT2D eigenvalue weighted by Gasteiger charge is -2.26. The normalized spacial score (nSPS) is 13.6. The maximum absolute atomic E-state index is 7.36. The lowest BCUT2D eigenvalue weighted by molar-refractivity contribution is 0.220. The number of nitrogens with one attached hydrogen (secondary N) is 3. The van der Waals surface area contributed by atoms with E-state index in [4.69, 9.17) is 21.3 Å². The molecule has 1 aliphatic heterocycles. The van der Waals surface area contributed by atoms with Gasteiger partial charge in [-0.3, -0.25) is 15.7 Å². The minimum atomic E-state index is -0.259. The standard InChI is InChI=1S/C18H27N5O.3ClH/c19-17(20)18(21)22-9-2-5-12-24-16-8-6-7-15(13-16)14-23-10-3-1-4-11-23;;;/h2,5-8,13H,1,3-4,9-12,14H2,(H3,19,20)(H2,21,22);3*1H/b5-2-;;;. The van der Waals surface area contributed by atoms with Crippen LogP contribution in [-0.2, 0) is 6.54 Å². The number of benzene rings is 1. The molecule has 0 aromatic heterocycles. The molecular formula is C18H30Cl3N5O. The summed E-state index contributed by atoms with van der Waals surface area (Å²) < 4.78 is 5.74. The number of ether oxygens (including phenoxy) is 1. The van der Waals surface area contributed by atoms with Gasteiger partial charge in [-0.25, -0.2) is 0 Å². The molecule has 1 aliphatic rings. The molecule has 154 valence electrons. The molecule has 1 heterocycles. The molecule has 1 aromatic rings. The summed E-state index contributed by atoms with van der Waals surface area (Å²) in [6.45, 7) is 4.30. The van der Waals surface area contributed by atoms with E-state index in [1.54, 1.807) is 0 Å². The van der Waals surface area contributed by atoms with Gasteiger partial charge in [-0.1, -0.05) is 24.6 Å². The second-order valence-electron chi connectivity index (χ2n) is 5.94. The SMILES string of the molecule is Cl.Cl.Cl.N=C(N)C(=N)NC/C=C\COc1cccc(CN2CCCCC2)c1. The Kier molecular flexibility index (Phi) is 16.0. The van der Waals surface area contributed by atoms with Gasteiger partial charge in [0.1, 0.15) is 12.4 Å². The molecule has 9 heteroatoms. The highest BCUT2D eigenvalue weighted by molar-refractivity contribution is 6.37. The van der Waals surface area contributed by atoms with Crippen molar-refractivity contribution < 1.29 is 4.74 Å². The predicted octanol–water partition coefficient (Wildman–Crippen LogP) is 3.38. The molecule has 0 atom stereocenters. The van der Waals surface area contributed by atoms with E-state index in [2.05, 4.69) is 22.3 Å². The van der Waals surface area contributed by atoms with Gasteiger partial charge in [0.2, 0.25) is 0 Å². The molecule has 1 aromatic carbocycles. The second-order valence-corrected chi connectivity index (χ2v) is 5.94. The Labute approximate surface area is 180 Å². The number of nitrogens with zero attached hydrogens (tertiary/aromatic N) is 1. The summed E-state index contributed by atoms with van der Waals surface area (Å²) in [5.41, 5.74) is 6.47. The third kappa shape index (κ3) is 11.1. The Balaban J connectivity index is 0. The van der Waals surface area contributed by atoms with Crippen LogP contribution in [0, 0.1) is 10.8 Å². The lowest BCUT2D eigenvalue weighted by Crippen LogP contribution is -2.34. The molecule has 0 aliphatic carbocycles. The molecule has 2 rings (SSSR count). The monoisotopic (exact) mass is 437 g/mol. The Morgan fingerprint density at radius 1 is 1.11 bits per heavy atom. The molecule has 1 fully saturated rings. The predicted molar refractivity (Wildman–Crippen MR) is 120 cm³/mol. The number of hydrogen-bond donors (Lipinski definition) is 4. The van der Waals surface area contributed by atoms with E-state index in [1.165, 1.54) is 37.9 Å². The number of likely N-dealkylation sites (tertiary alicyclic amines) is 1. The van der Waals surface area contributed by atoms with Crippen molar-refractivity contribution in [2.24, 2.45) is 5.73 Å². The maximum atomic E-state index is 7.36. The highest BCUT2D eigenvalue weighted by atomic mass is 35.5. The minimum Gasteiger partial charge on any atom is -0.490 e. The van der Waals surface area contributed by atoms with Gasteiger partial charge >= 0.3 is 0 Å². The first-order valence-electron chi connectivity index (χ1n) is 8.41. The summed E-state index contributed by atoms with van der Waals surface area (Å²) >= 11 is 0. The molecule has 0 amide bonds. The van der Waals surface area contributed by atoms with Crippen molar-refractivity contribution >= 4 is 48.9 Å². The van der Waals surface area contributed by atoms with Crippen molar-refractivity contribution in [1.29, 1.82) is 10.8 Å². The van der Waals surface area contributed by atoms with Crippen LogP contribution >= 0.6 is 37.2 Å². The van der Waals surface area contributed by atoms with Crippen molar-refractivity contribution in [2.75, 3.05) is 26.2 Å². The smallest absolute Gasteiger partial charge is 0.161 e. The van der Waals surface area contributed by atoms with E-state index >= 15 is 0 Å². The van der Waals surface area contributed by atoms with E-state index in [0.717, 1.165) is 12.3 Å². The van der Waals surface area contributed by atoms with Crippen molar-refractivity contribution in [1.82, 2.24) is 10.2 Å². The highest BCUT2D eigenvalue weighted by Gasteiger charge is 2.10. The van der Waals surface area contributed by atoms with Crippen LogP contribution in [0.4, 0.5) is 0 Å². The highest BCUT2D eigenvalue weighted by Crippen LogP contribution is 2.17. The first-order chi connectivity index (χ1) is 11.6. The zero-order chi connectivity index (χ0) is 17.2. The van der Waals surface area contributed by atoms with Gasteiger partial charge in [-0.2, -0.15) is 0 Å². The van der Waals surface area contributed by atoms with Gasteiger partial charge in [0.05, 0.1) is 0 Å². The number of rotatable bonds is 7. The first kappa shape index (κ1) is 27.7. The van der Waals surface area contributed by atoms with Crippen LogP contribution in [0.15, 0.2) is 36.4 Å². The van der Waals surface area contributed by atoms with Gasteiger partial charge in [-0.05, 0) is 49.7 Å². The van der Waals surface area contributed by atoms with E-state index in [1.807, 2.05) is 24.3 Å². The average molecular weight is 439 g/mol. The first-order valence-corrected chi connectivity index (χ1v) is 8.41. The van der Waals surface area contributed by atoms with Gasteiger partial charge < -0.3 is 15.8 Å². The fourth-order valence-corrected chi connectivity index (χ4v) is 2.66. The Hall–Kier alpha value is -1.47. The van der Waals surface area contributed by atoms with E-state index in [9.17, 15) is 0 Å². The van der Waals surface area contributed by atoms with Gasteiger partial charge in [0, 0.05) is 13.1 Å². The minimum absolute atomic E-state index is 0. The summed E-state index contributed by atoms with van der Waals surface area (Å²) in [7, 11) is 0. The zero-order valence-electron chi connectivity index (χ0n) is 15.3. The molecule has 5 N–H and O–H groups in total. The summed E-state index contributed by atoms with van der Waals surface area (Å²) in [6.07, 6.45) is 7.70. The Morgan fingerprint density at radius 3 is 2.48 bits per heavy atom.